The fraction of sp³-hybridized carbons (Fsp3) is 0.194. The molecule has 0 spiro atoms. The molecule has 1 saturated heterocycles. The SMILES string of the molecule is CC(=O)c1ccc(-c2cccc3[nH]c(-c4n[nH]c5ccc(-c6cncc(CN7CCCC7)c6)cc45)cc23)s1. The zero-order valence-corrected chi connectivity index (χ0v) is 21.9. The lowest BCUT2D eigenvalue weighted by molar-refractivity contribution is 0.102. The standard InChI is InChI=1S/C31H27N5OS/c1-19(37)29-9-10-30(38-29)23-5-4-6-26-24(23)15-28(33-26)31-25-14-21(7-8-27(25)34-35-31)22-13-20(16-32-17-22)18-36-11-2-3-12-36/h4-10,13-17,33H,2-3,11-12,18H2,1H3,(H,34,35). The molecule has 4 aromatic heterocycles. The molecule has 0 atom stereocenters. The van der Waals surface area contributed by atoms with Crippen LogP contribution in [-0.2, 0) is 6.54 Å². The Balaban J connectivity index is 1.27. The van der Waals surface area contributed by atoms with Crippen molar-refractivity contribution < 1.29 is 4.79 Å². The van der Waals surface area contributed by atoms with Gasteiger partial charge in [-0.05, 0) is 86.4 Å². The van der Waals surface area contributed by atoms with Gasteiger partial charge in [0.1, 0.15) is 5.69 Å². The van der Waals surface area contributed by atoms with Gasteiger partial charge in [0.25, 0.3) is 0 Å². The summed E-state index contributed by atoms with van der Waals surface area (Å²) in [6.45, 7) is 4.91. The Labute approximate surface area is 224 Å². The van der Waals surface area contributed by atoms with Crippen molar-refractivity contribution in [3.05, 3.63) is 83.5 Å². The maximum Gasteiger partial charge on any atom is 0.169 e. The highest BCUT2D eigenvalue weighted by atomic mass is 32.1. The highest BCUT2D eigenvalue weighted by molar-refractivity contribution is 7.17. The van der Waals surface area contributed by atoms with Crippen molar-refractivity contribution in [1.29, 1.82) is 0 Å². The summed E-state index contributed by atoms with van der Waals surface area (Å²) in [5.74, 6) is 0.0961. The van der Waals surface area contributed by atoms with Crippen LogP contribution in [0, 0.1) is 0 Å². The van der Waals surface area contributed by atoms with Crippen LogP contribution in [0.5, 0.6) is 0 Å². The molecule has 6 nitrogen and oxygen atoms in total. The summed E-state index contributed by atoms with van der Waals surface area (Å²) in [5, 5.41) is 10.1. The monoisotopic (exact) mass is 517 g/mol. The Kier molecular flexibility index (Phi) is 5.68. The summed E-state index contributed by atoms with van der Waals surface area (Å²) in [7, 11) is 0. The summed E-state index contributed by atoms with van der Waals surface area (Å²) in [5.41, 5.74) is 8.50. The number of aromatic amines is 2. The van der Waals surface area contributed by atoms with Gasteiger partial charge in [-0.2, -0.15) is 5.10 Å². The van der Waals surface area contributed by atoms with E-state index < -0.39 is 0 Å². The minimum absolute atomic E-state index is 0.0961. The van der Waals surface area contributed by atoms with Gasteiger partial charge in [0.15, 0.2) is 5.78 Å². The number of likely N-dealkylation sites (tertiary alicyclic amines) is 1. The number of rotatable bonds is 6. The smallest absolute Gasteiger partial charge is 0.169 e. The number of aromatic nitrogens is 4. The third-order valence-corrected chi connectivity index (χ3v) is 8.65. The molecule has 0 radical (unpaired) electrons. The molecule has 6 aromatic rings. The second-order valence-electron chi connectivity index (χ2n) is 10.1. The molecule has 7 rings (SSSR count). The molecule has 0 bridgehead atoms. The molecule has 0 unspecified atom stereocenters. The van der Waals surface area contributed by atoms with Crippen LogP contribution in [-0.4, -0.2) is 43.9 Å². The van der Waals surface area contributed by atoms with Gasteiger partial charge < -0.3 is 4.98 Å². The van der Waals surface area contributed by atoms with Gasteiger partial charge in [-0.15, -0.1) is 11.3 Å². The van der Waals surface area contributed by atoms with Gasteiger partial charge in [-0.1, -0.05) is 18.2 Å². The van der Waals surface area contributed by atoms with Crippen molar-refractivity contribution in [3.63, 3.8) is 0 Å². The average Bonchev–Trinajstić information content (AvgIpc) is 3.74. The van der Waals surface area contributed by atoms with Crippen LogP contribution in [0.2, 0.25) is 0 Å². The van der Waals surface area contributed by atoms with E-state index in [2.05, 4.69) is 62.4 Å². The van der Waals surface area contributed by atoms with Crippen molar-refractivity contribution in [3.8, 4) is 33.0 Å². The molecule has 5 heterocycles. The maximum absolute atomic E-state index is 11.8. The zero-order chi connectivity index (χ0) is 25.6. The first-order chi connectivity index (χ1) is 18.6. The predicted octanol–water partition coefficient (Wildman–Crippen LogP) is 7.30. The Morgan fingerprint density at radius 3 is 2.68 bits per heavy atom. The van der Waals surface area contributed by atoms with Crippen molar-refractivity contribution in [2.45, 2.75) is 26.3 Å². The minimum Gasteiger partial charge on any atom is -0.353 e. The van der Waals surface area contributed by atoms with E-state index in [1.165, 1.54) is 42.8 Å². The van der Waals surface area contributed by atoms with E-state index in [-0.39, 0.29) is 5.78 Å². The lowest BCUT2D eigenvalue weighted by Gasteiger charge is -2.14. The van der Waals surface area contributed by atoms with Crippen LogP contribution in [0.15, 0.2) is 73.1 Å². The first kappa shape index (κ1) is 23.1. The molecule has 1 fully saturated rings. The third-order valence-electron chi connectivity index (χ3n) is 7.43. The molecule has 38 heavy (non-hydrogen) atoms. The average molecular weight is 518 g/mol. The second-order valence-corrected chi connectivity index (χ2v) is 11.2. The van der Waals surface area contributed by atoms with Gasteiger partial charge >= 0.3 is 0 Å². The molecule has 7 heteroatoms. The Morgan fingerprint density at radius 2 is 1.84 bits per heavy atom. The van der Waals surface area contributed by atoms with Crippen LogP contribution in [0.4, 0.5) is 0 Å². The second kappa shape index (κ2) is 9.35. The number of nitrogens with zero attached hydrogens (tertiary/aromatic N) is 3. The van der Waals surface area contributed by atoms with Crippen molar-refractivity contribution in [2.24, 2.45) is 0 Å². The topological polar surface area (TPSA) is 77.7 Å². The van der Waals surface area contributed by atoms with Crippen LogP contribution in [0.25, 0.3) is 54.8 Å². The molecule has 0 aliphatic carbocycles. The van der Waals surface area contributed by atoms with Crippen molar-refractivity contribution in [1.82, 2.24) is 25.1 Å². The molecule has 0 saturated carbocycles. The minimum atomic E-state index is 0.0961. The number of nitrogens with one attached hydrogen (secondary N) is 2. The number of fused-ring (bicyclic) bond motifs is 2. The number of H-pyrrole nitrogens is 2. The highest BCUT2D eigenvalue weighted by Crippen LogP contribution is 2.37. The van der Waals surface area contributed by atoms with Gasteiger partial charge in [0, 0.05) is 51.2 Å². The van der Waals surface area contributed by atoms with Gasteiger partial charge in [-0.25, -0.2) is 0 Å². The third kappa shape index (κ3) is 4.14. The summed E-state index contributed by atoms with van der Waals surface area (Å²) < 4.78 is 0. The number of pyridine rings is 1. The lowest BCUT2D eigenvalue weighted by Crippen LogP contribution is -2.18. The summed E-state index contributed by atoms with van der Waals surface area (Å²) in [6.07, 6.45) is 6.50. The number of benzene rings is 2. The van der Waals surface area contributed by atoms with Crippen LogP contribution in [0.3, 0.4) is 0 Å². The number of hydrogen-bond donors (Lipinski definition) is 2. The molecule has 2 N–H and O–H groups in total. The number of hydrogen-bond acceptors (Lipinski definition) is 5. The molecule has 1 aliphatic heterocycles. The van der Waals surface area contributed by atoms with E-state index >= 15 is 0 Å². The number of Topliss-reactive ketones (excluding diaryl/α,β-unsaturated/α-hetero) is 1. The number of ketones is 1. The predicted molar refractivity (Wildman–Crippen MR) is 154 cm³/mol. The van der Waals surface area contributed by atoms with E-state index in [0.29, 0.717) is 0 Å². The molecular weight excluding hydrogens is 490 g/mol. The summed E-state index contributed by atoms with van der Waals surface area (Å²) >= 11 is 1.53. The van der Waals surface area contributed by atoms with Gasteiger partial charge in [-0.3, -0.25) is 19.8 Å². The molecule has 188 valence electrons. The van der Waals surface area contributed by atoms with Gasteiger partial charge in [0.2, 0.25) is 0 Å². The van der Waals surface area contributed by atoms with E-state index in [1.807, 2.05) is 30.6 Å². The fourth-order valence-electron chi connectivity index (χ4n) is 5.50. The Bertz CT molecular complexity index is 1800. The summed E-state index contributed by atoms with van der Waals surface area (Å²) in [4.78, 5) is 24.3. The van der Waals surface area contributed by atoms with Crippen LogP contribution in [0.1, 0.15) is 35.0 Å². The Morgan fingerprint density at radius 1 is 0.947 bits per heavy atom. The lowest BCUT2D eigenvalue weighted by atomic mass is 10.0. The maximum atomic E-state index is 11.8. The van der Waals surface area contributed by atoms with E-state index in [4.69, 9.17) is 5.10 Å². The molecule has 1 aliphatic rings. The summed E-state index contributed by atoms with van der Waals surface area (Å²) in [6, 6.07) is 21.0. The van der Waals surface area contributed by atoms with Crippen molar-refractivity contribution >= 4 is 38.9 Å². The number of carbonyl (C=O) groups excluding carboxylic acids is 1. The van der Waals surface area contributed by atoms with Crippen LogP contribution < -0.4 is 0 Å². The molecule has 2 aromatic carbocycles. The van der Waals surface area contributed by atoms with Crippen molar-refractivity contribution in [2.75, 3.05) is 13.1 Å². The van der Waals surface area contributed by atoms with E-state index in [9.17, 15) is 4.79 Å². The van der Waals surface area contributed by atoms with E-state index in [0.717, 1.165) is 66.2 Å². The number of thiophene rings is 1. The number of carbonyl (C=O) groups is 1. The first-order valence-corrected chi connectivity index (χ1v) is 13.8. The zero-order valence-electron chi connectivity index (χ0n) is 21.1. The Hall–Kier alpha value is -4.07. The van der Waals surface area contributed by atoms with E-state index in [1.54, 1.807) is 6.92 Å². The first-order valence-electron chi connectivity index (χ1n) is 13.0. The largest absolute Gasteiger partial charge is 0.353 e. The highest BCUT2D eigenvalue weighted by Gasteiger charge is 2.16. The fourth-order valence-corrected chi connectivity index (χ4v) is 6.44. The van der Waals surface area contributed by atoms with Gasteiger partial charge in [0.05, 0.1) is 16.1 Å². The quantitative estimate of drug-likeness (QED) is 0.227. The van der Waals surface area contributed by atoms with Crippen LogP contribution >= 0.6 is 11.3 Å². The molecular formula is C31H27N5OS. The normalized spacial score (nSPS) is 14.1. The molecule has 0 amide bonds.